The molecule has 1 aromatic heterocycles. The summed E-state index contributed by atoms with van der Waals surface area (Å²) >= 11 is 8.29. The van der Waals surface area contributed by atoms with Crippen molar-refractivity contribution in [3.05, 3.63) is 15.6 Å². The predicted octanol–water partition coefficient (Wildman–Crippen LogP) is 2.33. The highest BCUT2D eigenvalue weighted by Gasteiger charge is 1.94. The van der Waals surface area contributed by atoms with Crippen LogP contribution in [-0.4, -0.2) is 9.55 Å². The minimum Gasteiger partial charge on any atom is -0.336 e. The standard InChI is InChI=1S/C5H7BrN2S/c1-2-8-4(6)3-7-5(8)9/h3H,2H2,1H3,(H,7,9). The molecular formula is C5H7BrN2S. The Morgan fingerprint density at radius 2 is 2.56 bits per heavy atom. The fourth-order valence-electron chi connectivity index (χ4n) is 0.669. The summed E-state index contributed by atoms with van der Waals surface area (Å²) in [5.41, 5.74) is 0. The second-order valence-corrected chi connectivity index (χ2v) is 2.86. The molecule has 4 heteroatoms. The van der Waals surface area contributed by atoms with Crippen LogP contribution in [0.1, 0.15) is 6.92 Å². The van der Waals surface area contributed by atoms with E-state index in [1.54, 1.807) is 0 Å². The van der Waals surface area contributed by atoms with Crippen LogP contribution >= 0.6 is 28.1 Å². The smallest absolute Gasteiger partial charge is 0.178 e. The van der Waals surface area contributed by atoms with E-state index in [4.69, 9.17) is 12.2 Å². The second-order valence-electron chi connectivity index (χ2n) is 1.66. The van der Waals surface area contributed by atoms with Gasteiger partial charge in [-0.1, -0.05) is 0 Å². The lowest BCUT2D eigenvalue weighted by atomic mass is 10.7. The van der Waals surface area contributed by atoms with E-state index in [1.165, 1.54) is 0 Å². The zero-order valence-electron chi connectivity index (χ0n) is 5.02. The van der Waals surface area contributed by atoms with Gasteiger partial charge in [0.1, 0.15) is 4.60 Å². The van der Waals surface area contributed by atoms with Crippen molar-refractivity contribution in [3.63, 3.8) is 0 Å². The average Bonchev–Trinajstić information content (AvgIpc) is 2.12. The molecule has 0 aromatic carbocycles. The molecule has 0 bridgehead atoms. The highest BCUT2D eigenvalue weighted by Crippen LogP contribution is 2.08. The molecule has 1 rings (SSSR count). The molecule has 50 valence electrons. The molecule has 1 N–H and O–H groups in total. The predicted molar refractivity (Wildman–Crippen MR) is 43.0 cm³/mol. The molecule has 0 atom stereocenters. The SMILES string of the molecule is CCn1c(Br)c[nH]c1=S. The Bertz CT molecular complexity index is 250. The van der Waals surface area contributed by atoms with Gasteiger partial charge in [0.05, 0.1) is 0 Å². The van der Waals surface area contributed by atoms with Crippen molar-refractivity contribution in [3.8, 4) is 0 Å². The molecule has 0 radical (unpaired) electrons. The van der Waals surface area contributed by atoms with Gasteiger partial charge in [0.25, 0.3) is 0 Å². The molecule has 0 saturated carbocycles. The Morgan fingerprint density at radius 1 is 1.89 bits per heavy atom. The largest absolute Gasteiger partial charge is 0.336 e. The van der Waals surface area contributed by atoms with Gasteiger partial charge < -0.3 is 9.55 Å². The van der Waals surface area contributed by atoms with Crippen LogP contribution in [0.4, 0.5) is 0 Å². The van der Waals surface area contributed by atoms with Crippen LogP contribution in [-0.2, 0) is 6.54 Å². The minimum absolute atomic E-state index is 0.768. The number of halogens is 1. The van der Waals surface area contributed by atoms with Crippen molar-refractivity contribution in [2.45, 2.75) is 13.5 Å². The van der Waals surface area contributed by atoms with Gasteiger partial charge in [-0.15, -0.1) is 0 Å². The van der Waals surface area contributed by atoms with E-state index in [9.17, 15) is 0 Å². The number of H-pyrrole nitrogens is 1. The summed E-state index contributed by atoms with van der Waals surface area (Å²) in [5, 5.41) is 0. The second kappa shape index (κ2) is 2.66. The molecule has 0 spiro atoms. The fourth-order valence-corrected chi connectivity index (χ4v) is 1.62. The maximum atomic E-state index is 4.95. The molecule has 2 nitrogen and oxygen atoms in total. The Kier molecular flexibility index (Phi) is 2.08. The minimum atomic E-state index is 0.768. The van der Waals surface area contributed by atoms with Crippen LogP contribution < -0.4 is 0 Å². The molecule has 9 heavy (non-hydrogen) atoms. The Labute approximate surface area is 67.0 Å². The van der Waals surface area contributed by atoms with Crippen LogP contribution in [0.25, 0.3) is 0 Å². The van der Waals surface area contributed by atoms with Gasteiger partial charge in [-0.25, -0.2) is 0 Å². The highest BCUT2D eigenvalue weighted by molar-refractivity contribution is 9.10. The third-order valence-electron chi connectivity index (χ3n) is 1.13. The number of hydrogen-bond acceptors (Lipinski definition) is 1. The molecular weight excluding hydrogens is 200 g/mol. The molecule has 0 saturated heterocycles. The molecule has 0 amide bonds. The van der Waals surface area contributed by atoms with Crippen molar-refractivity contribution >= 4 is 28.1 Å². The van der Waals surface area contributed by atoms with E-state index >= 15 is 0 Å². The lowest BCUT2D eigenvalue weighted by molar-refractivity contribution is 0.734. The maximum Gasteiger partial charge on any atom is 0.178 e. The van der Waals surface area contributed by atoms with Gasteiger partial charge in [-0.3, -0.25) is 0 Å². The average molecular weight is 207 g/mol. The molecule has 0 aliphatic carbocycles. The van der Waals surface area contributed by atoms with E-state index in [2.05, 4.69) is 27.8 Å². The number of nitrogens with one attached hydrogen (secondary N) is 1. The fraction of sp³-hybridized carbons (Fsp3) is 0.400. The van der Waals surface area contributed by atoms with E-state index in [1.807, 2.05) is 10.8 Å². The Morgan fingerprint density at radius 3 is 2.78 bits per heavy atom. The van der Waals surface area contributed by atoms with Crippen LogP contribution in [0.15, 0.2) is 10.8 Å². The molecule has 0 unspecified atom stereocenters. The lowest BCUT2D eigenvalue weighted by Crippen LogP contribution is -1.92. The normalized spacial score (nSPS) is 10.0. The van der Waals surface area contributed by atoms with Crippen molar-refractivity contribution in [1.29, 1.82) is 0 Å². The molecule has 0 aliphatic heterocycles. The van der Waals surface area contributed by atoms with Crippen LogP contribution in [0, 0.1) is 4.77 Å². The number of aromatic amines is 1. The zero-order chi connectivity index (χ0) is 6.85. The van der Waals surface area contributed by atoms with Gasteiger partial charge in [0, 0.05) is 12.7 Å². The molecule has 0 fully saturated rings. The molecule has 1 aromatic rings. The van der Waals surface area contributed by atoms with Crippen molar-refractivity contribution in [2.24, 2.45) is 0 Å². The van der Waals surface area contributed by atoms with Crippen LogP contribution in [0.5, 0.6) is 0 Å². The number of rotatable bonds is 1. The van der Waals surface area contributed by atoms with Crippen LogP contribution in [0.3, 0.4) is 0 Å². The number of hydrogen-bond donors (Lipinski definition) is 1. The topological polar surface area (TPSA) is 20.7 Å². The van der Waals surface area contributed by atoms with Crippen LogP contribution in [0.2, 0.25) is 0 Å². The monoisotopic (exact) mass is 206 g/mol. The summed E-state index contributed by atoms with van der Waals surface area (Å²) in [5.74, 6) is 0. The molecule has 0 aliphatic rings. The van der Waals surface area contributed by atoms with Gasteiger partial charge in [0.15, 0.2) is 4.77 Å². The van der Waals surface area contributed by atoms with Crippen molar-refractivity contribution in [1.82, 2.24) is 9.55 Å². The van der Waals surface area contributed by atoms with E-state index in [0.29, 0.717) is 0 Å². The summed E-state index contributed by atoms with van der Waals surface area (Å²) < 4.78 is 3.74. The number of imidazole rings is 1. The third kappa shape index (κ3) is 1.24. The molecule has 1 heterocycles. The van der Waals surface area contributed by atoms with E-state index in [0.717, 1.165) is 15.9 Å². The highest BCUT2D eigenvalue weighted by atomic mass is 79.9. The lowest BCUT2D eigenvalue weighted by Gasteiger charge is -1.94. The summed E-state index contributed by atoms with van der Waals surface area (Å²) in [6.07, 6.45) is 1.84. The van der Waals surface area contributed by atoms with Crippen molar-refractivity contribution in [2.75, 3.05) is 0 Å². The number of aromatic nitrogens is 2. The first kappa shape index (κ1) is 7.02. The van der Waals surface area contributed by atoms with E-state index in [-0.39, 0.29) is 0 Å². The maximum absolute atomic E-state index is 4.95. The van der Waals surface area contributed by atoms with Gasteiger partial charge in [0.2, 0.25) is 0 Å². The summed E-state index contributed by atoms with van der Waals surface area (Å²) in [4.78, 5) is 2.92. The first-order chi connectivity index (χ1) is 4.25. The third-order valence-corrected chi connectivity index (χ3v) is 2.13. The first-order valence-electron chi connectivity index (χ1n) is 2.69. The summed E-state index contributed by atoms with van der Waals surface area (Å²) in [6, 6.07) is 0. The quantitative estimate of drug-likeness (QED) is 0.701. The van der Waals surface area contributed by atoms with E-state index < -0.39 is 0 Å². The van der Waals surface area contributed by atoms with Gasteiger partial charge >= 0.3 is 0 Å². The van der Waals surface area contributed by atoms with Gasteiger partial charge in [-0.05, 0) is 35.1 Å². The van der Waals surface area contributed by atoms with Gasteiger partial charge in [-0.2, -0.15) is 0 Å². The van der Waals surface area contributed by atoms with Crippen molar-refractivity contribution < 1.29 is 0 Å². The Hall–Kier alpha value is -0.0900. The Balaban J connectivity index is 3.23. The first-order valence-corrected chi connectivity index (χ1v) is 3.89. The summed E-state index contributed by atoms with van der Waals surface area (Å²) in [7, 11) is 0. The summed E-state index contributed by atoms with van der Waals surface area (Å²) in [6.45, 7) is 2.96. The zero-order valence-corrected chi connectivity index (χ0v) is 7.42. The number of nitrogens with zero attached hydrogens (tertiary/aromatic N) is 1.